The van der Waals surface area contributed by atoms with Gasteiger partial charge in [0.1, 0.15) is 0 Å². The smallest absolute Gasteiger partial charge is 0.0819 e. The first-order chi connectivity index (χ1) is 9.04. The Labute approximate surface area is 116 Å². The van der Waals surface area contributed by atoms with Crippen LogP contribution in [0.3, 0.4) is 0 Å². The number of hydrogen-bond acceptors (Lipinski definition) is 3. The zero-order chi connectivity index (χ0) is 13.9. The van der Waals surface area contributed by atoms with E-state index in [0.29, 0.717) is 6.54 Å². The number of nitrogens with two attached hydrogens (primary N) is 1. The Bertz CT molecular complexity index is 403. The molecule has 1 aromatic carbocycles. The summed E-state index contributed by atoms with van der Waals surface area (Å²) >= 11 is 0. The minimum atomic E-state index is -0.569. The Balaban J connectivity index is 1.95. The number of nitrogen functional groups attached to an aromatic ring is 1. The molecule has 1 aromatic rings. The SMILES string of the molecule is CCC1CCC(O)(CNc2c(C)cccc2N)CC1. The van der Waals surface area contributed by atoms with Crippen LogP contribution in [0, 0.1) is 12.8 Å². The minimum absolute atomic E-state index is 0.569. The van der Waals surface area contributed by atoms with Crippen molar-refractivity contribution in [2.24, 2.45) is 5.92 Å². The van der Waals surface area contributed by atoms with E-state index in [2.05, 4.69) is 12.2 Å². The van der Waals surface area contributed by atoms with E-state index >= 15 is 0 Å². The normalized spacial score (nSPS) is 27.2. The molecule has 0 atom stereocenters. The highest BCUT2D eigenvalue weighted by atomic mass is 16.3. The van der Waals surface area contributed by atoms with Crippen molar-refractivity contribution in [2.45, 2.75) is 51.6 Å². The van der Waals surface area contributed by atoms with E-state index in [1.165, 1.54) is 6.42 Å². The predicted molar refractivity (Wildman–Crippen MR) is 81.3 cm³/mol. The second kappa shape index (κ2) is 5.83. The lowest BCUT2D eigenvalue weighted by atomic mass is 9.78. The molecule has 0 bridgehead atoms. The quantitative estimate of drug-likeness (QED) is 0.730. The standard InChI is InChI=1S/C16H26N2O/c1-3-13-7-9-16(19,10-8-13)11-18-15-12(2)5-4-6-14(15)17/h4-6,13,18-19H,3,7-11,17H2,1-2H3. The fourth-order valence-electron chi connectivity index (χ4n) is 2.98. The molecular formula is C16H26N2O. The summed E-state index contributed by atoms with van der Waals surface area (Å²) in [6, 6.07) is 5.89. The van der Waals surface area contributed by atoms with Crippen LogP contribution in [0.1, 0.15) is 44.6 Å². The van der Waals surface area contributed by atoms with Gasteiger partial charge in [0.2, 0.25) is 0 Å². The third-order valence-corrected chi connectivity index (χ3v) is 4.51. The van der Waals surface area contributed by atoms with Crippen LogP contribution in [0.15, 0.2) is 18.2 Å². The number of benzene rings is 1. The lowest BCUT2D eigenvalue weighted by Gasteiger charge is -2.36. The molecule has 0 aliphatic heterocycles. The van der Waals surface area contributed by atoms with Crippen molar-refractivity contribution in [3.63, 3.8) is 0 Å². The largest absolute Gasteiger partial charge is 0.397 e. The molecule has 1 aliphatic rings. The molecule has 0 aromatic heterocycles. The fraction of sp³-hybridized carbons (Fsp3) is 0.625. The molecule has 0 unspecified atom stereocenters. The van der Waals surface area contributed by atoms with Crippen LogP contribution in [0.25, 0.3) is 0 Å². The first-order valence-electron chi connectivity index (χ1n) is 7.35. The first kappa shape index (κ1) is 14.2. The molecule has 19 heavy (non-hydrogen) atoms. The monoisotopic (exact) mass is 262 g/mol. The Morgan fingerprint density at radius 2 is 2.05 bits per heavy atom. The number of hydrogen-bond donors (Lipinski definition) is 3. The summed E-state index contributed by atoms with van der Waals surface area (Å²) in [6.45, 7) is 4.87. The molecule has 0 heterocycles. The second-order valence-electron chi connectivity index (χ2n) is 5.97. The van der Waals surface area contributed by atoms with Gasteiger partial charge in [-0.3, -0.25) is 0 Å². The van der Waals surface area contributed by atoms with Crippen LogP contribution in [-0.4, -0.2) is 17.3 Å². The highest BCUT2D eigenvalue weighted by molar-refractivity contribution is 5.69. The van der Waals surface area contributed by atoms with Crippen LogP contribution in [-0.2, 0) is 0 Å². The van der Waals surface area contributed by atoms with Gasteiger partial charge in [0.25, 0.3) is 0 Å². The van der Waals surface area contributed by atoms with Crippen LogP contribution >= 0.6 is 0 Å². The summed E-state index contributed by atoms with van der Waals surface area (Å²) in [5.41, 5.74) is 8.26. The molecule has 4 N–H and O–H groups in total. The first-order valence-corrected chi connectivity index (χ1v) is 7.35. The maximum absolute atomic E-state index is 10.6. The summed E-state index contributed by atoms with van der Waals surface area (Å²) in [6.07, 6.45) is 5.29. The van der Waals surface area contributed by atoms with Crippen LogP contribution in [0.2, 0.25) is 0 Å². The van der Waals surface area contributed by atoms with Gasteiger partial charge in [0.05, 0.1) is 17.0 Å². The molecular weight excluding hydrogens is 236 g/mol. The van der Waals surface area contributed by atoms with Gasteiger partial charge >= 0.3 is 0 Å². The third kappa shape index (κ3) is 3.41. The van der Waals surface area contributed by atoms with E-state index in [1.807, 2.05) is 25.1 Å². The molecule has 106 valence electrons. The molecule has 0 amide bonds. The topological polar surface area (TPSA) is 58.3 Å². The Morgan fingerprint density at radius 1 is 1.37 bits per heavy atom. The molecule has 1 saturated carbocycles. The maximum Gasteiger partial charge on any atom is 0.0819 e. The number of rotatable bonds is 4. The van der Waals surface area contributed by atoms with Crippen LogP contribution in [0.5, 0.6) is 0 Å². The van der Waals surface area contributed by atoms with Crippen LogP contribution < -0.4 is 11.1 Å². The van der Waals surface area contributed by atoms with E-state index in [1.54, 1.807) is 0 Å². The molecule has 0 spiro atoms. The van der Waals surface area contributed by atoms with E-state index in [4.69, 9.17) is 5.73 Å². The lowest BCUT2D eigenvalue weighted by Crippen LogP contribution is -2.40. The van der Waals surface area contributed by atoms with Gasteiger partial charge in [-0.25, -0.2) is 0 Å². The lowest BCUT2D eigenvalue weighted by molar-refractivity contribution is 0.00230. The van der Waals surface area contributed by atoms with Crippen molar-refractivity contribution >= 4 is 11.4 Å². The van der Waals surface area contributed by atoms with Gasteiger partial charge in [-0.05, 0) is 50.2 Å². The van der Waals surface area contributed by atoms with Crippen LogP contribution in [0.4, 0.5) is 11.4 Å². The number of aliphatic hydroxyl groups is 1. The van der Waals surface area contributed by atoms with Gasteiger partial charge in [-0.2, -0.15) is 0 Å². The van der Waals surface area contributed by atoms with Gasteiger partial charge < -0.3 is 16.2 Å². The average Bonchev–Trinajstić information content (AvgIpc) is 2.39. The van der Waals surface area contributed by atoms with E-state index < -0.39 is 5.60 Å². The van der Waals surface area contributed by atoms with E-state index in [0.717, 1.165) is 48.5 Å². The van der Waals surface area contributed by atoms with E-state index in [-0.39, 0.29) is 0 Å². The zero-order valence-corrected chi connectivity index (χ0v) is 12.1. The van der Waals surface area contributed by atoms with Gasteiger partial charge in [0, 0.05) is 6.54 Å². The summed E-state index contributed by atoms with van der Waals surface area (Å²) < 4.78 is 0. The van der Waals surface area contributed by atoms with Crippen molar-refractivity contribution in [1.82, 2.24) is 0 Å². The maximum atomic E-state index is 10.6. The highest BCUT2D eigenvalue weighted by Crippen LogP contribution is 2.34. The van der Waals surface area contributed by atoms with Crippen molar-refractivity contribution in [3.05, 3.63) is 23.8 Å². The molecule has 1 fully saturated rings. The molecule has 1 aliphatic carbocycles. The summed E-state index contributed by atoms with van der Waals surface area (Å²) in [7, 11) is 0. The molecule has 2 rings (SSSR count). The van der Waals surface area contributed by atoms with Crippen molar-refractivity contribution in [1.29, 1.82) is 0 Å². The number of para-hydroxylation sites is 1. The molecule has 0 radical (unpaired) electrons. The summed E-state index contributed by atoms with van der Waals surface area (Å²) in [5, 5.41) is 14.0. The summed E-state index contributed by atoms with van der Waals surface area (Å²) in [4.78, 5) is 0. The molecule has 3 nitrogen and oxygen atoms in total. The predicted octanol–water partition coefficient (Wildman–Crippen LogP) is 3.32. The van der Waals surface area contributed by atoms with Crippen molar-refractivity contribution < 1.29 is 5.11 Å². The van der Waals surface area contributed by atoms with Gasteiger partial charge in [-0.1, -0.05) is 25.5 Å². The fourth-order valence-corrected chi connectivity index (χ4v) is 2.98. The van der Waals surface area contributed by atoms with Crippen molar-refractivity contribution in [3.8, 4) is 0 Å². The van der Waals surface area contributed by atoms with Gasteiger partial charge in [-0.15, -0.1) is 0 Å². The third-order valence-electron chi connectivity index (χ3n) is 4.51. The number of aryl methyl sites for hydroxylation is 1. The molecule has 0 saturated heterocycles. The Kier molecular flexibility index (Phi) is 4.35. The highest BCUT2D eigenvalue weighted by Gasteiger charge is 2.32. The second-order valence-corrected chi connectivity index (χ2v) is 5.97. The van der Waals surface area contributed by atoms with E-state index in [9.17, 15) is 5.11 Å². The number of nitrogens with one attached hydrogen (secondary N) is 1. The Morgan fingerprint density at radius 3 is 2.63 bits per heavy atom. The van der Waals surface area contributed by atoms with Gasteiger partial charge in [0.15, 0.2) is 0 Å². The zero-order valence-electron chi connectivity index (χ0n) is 12.1. The Hall–Kier alpha value is -1.22. The molecule has 3 heteroatoms. The average molecular weight is 262 g/mol. The number of anilines is 2. The van der Waals surface area contributed by atoms with Crippen molar-refractivity contribution in [2.75, 3.05) is 17.6 Å². The summed E-state index contributed by atoms with van der Waals surface area (Å²) in [5.74, 6) is 0.795. The minimum Gasteiger partial charge on any atom is -0.397 e.